The number of aliphatic imine (C=N–C) groups is 2. The minimum Gasteiger partial charge on any atom is -0.445 e. The van der Waals surface area contributed by atoms with Gasteiger partial charge in [0.15, 0.2) is 0 Å². The zero-order valence-electron chi connectivity index (χ0n) is 13.9. The number of aryl methyl sites for hydroxylation is 1. The van der Waals surface area contributed by atoms with Crippen LogP contribution in [0.2, 0.25) is 0 Å². The molecule has 116 valence electrons. The summed E-state index contributed by atoms with van der Waals surface area (Å²) in [4.78, 5) is 13.5. The summed E-state index contributed by atoms with van der Waals surface area (Å²) in [5.41, 5.74) is 0. The van der Waals surface area contributed by atoms with Crippen molar-refractivity contribution in [1.82, 2.24) is 4.90 Å². The maximum atomic E-state index is 5.71. The lowest BCUT2D eigenvalue weighted by molar-refractivity contribution is 0.448. The molecule has 0 radical (unpaired) electrons. The number of amidine groups is 1. The Hall–Kier alpha value is -1.78. The molecule has 0 N–H and O–H groups in total. The van der Waals surface area contributed by atoms with E-state index in [1.165, 1.54) is 0 Å². The van der Waals surface area contributed by atoms with Crippen molar-refractivity contribution in [3.63, 3.8) is 0 Å². The molecule has 1 aliphatic rings. The molecule has 0 amide bonds. The molecule has 5 nitrogen and oxygen atoms in total. The quantitative estimate of drug-likeness (QED) is 0.798. The molecule has 21 heavy (non-hydrogen) atoms. The zero-order valence-corrected chi connectivity index (χ0v) is 13.9. The van der Waals surface area contributed by atoms with Crippen molar-refractivity contribution < 1.29 is 4.42 Å². The van der Waals surface area contributed by atoms with Gasteiger partial charge in [-0.3, -0.25) is 0 Å². The van der Waals surface area contributed by atoms with Gasteiger partial charge in [-0.05, 0) is 32.3 Å². The van der Waals surface area contributed by atoms with E-state index in [4.69, 9.17) is 14.4 Å². The Bertz CT molecular complexity index is 544. The van der Waals surface area contributed by atoms with Gasteiger partial charge in [-0.25, -0.2) is 4.99 Å². The maximum Gasteiger partial charge on any atom is 0.222 e. The molecule has 2 rings (SSSR count). The minimum atomic E-state index is 0.295. The van der Waals surface area contributed by atoms with Crippen LogP contribution in [0, 0.1) is 12.8 Å². The second-order valence-electron chi connectivity index (χ2n) is 6.05. The van der Waals surface area contributed by atoms with Crippen molar-refractivity contribution >= 4 is 17.7 Å². The Labute approximate surface area is 127 Å². The summed E-state index contributed by atoms with van der Waals surface area (Å²) >= 11 is 0. The van der Waals surface area contributed by atoms with E-state index < -0.39 is 0 Å². The summed E-state index contributed by atoms with van der Waals surface area (Å²) in [6.45, 7) is 6.36. The molecule has 2 heterocycles. The van der Waals surface area contributed by atoms with Crippen LogP contribution in [0.3, 0.4) is 0 Å². The van der Waals surface area contributed by atoms with E-state index >= 15 is 0 Å². The van der Waals surface area contributed by atoms with Crippen LogP contribution in [-0.2, 0) is 0 Å². The van der Waals surface area contributed by atoms with Crippen molar-refractivity contribution in [3.05, 3.63) is 17.9 Å². The molecular formula is C16H26N4O. The molecule has 2 unspecified atom stereocenters. The highest BCUT2D eigenvalue weighted by Gasteiger charge is 2.21. The van der Waals surface area contributed by atoms with Crippen molar-refractivity contribution in [2.75, 3.05) is 26.0 Å². The number of guanidine groups is 1. The van der Waals surface area contributed by atoms with Crippen LogP contribution >= 0.6 is 0 Å². The maximum absolute atomic E-state index is 5.71. The molecule has 0 aromatic carbocycles. The lowest BCUT2D eigenvalue weighted by atomic mass is 9.97. The second kappa shape index (κ2) is 6.33. The third kappa shape index (κ3) is 3.65. The van der Waals surface area contributed by atoms with Gasteiger partial charge in [0.05, 0.1) is 6.04 Å². The number of rotatable bonds is 1. The first-order chi connectivity index (χ1) is 9.88. The molecule has 1 aromatic rings. The van der Waals surface area contributed by atoms with Gasteiger partial charge in [-0.2, -0.15) is 4.99 Å². The van der Waals surface area contributed by atoms with Gasteiger partial charge >= 0.3 is 0 Å². The van der Waals surface area contributed by atoms with E-state index in [1.54, 1.807) is 0 Å². The normalized spacial score (nSPS) is 23.0. The van der Waals surface area contributed by atoms with Gasteiger partial charge < -0.3 is 14.2 Å². The standard InChI is InChI=1S/C16H26N4O/c1-11-7-9-14(18-16(19(4)5)17-13(11)3)20(6)15-10-8-12(2)21-15/h8,10-11,13H,7,9H2,1-6H3. The second-order valence-corrected chi connectivity index (χ2v) is 6.05. The van der Waals surface area contributed by atoms with Crippen molar-refractivity contribution in [2.45, 2.75) is 39.7 Å². The third-order valence-corrected chi connectivity index (χ3v) is 4.04. The molecule has 1 aliphatic heterocycles. The first-order valence-corrected chi connectivity index (χ1v) is 7.51. The summed E-state index contributed by atoms with van der Waals surface area (Å²) in [7, 11) is 5.96. The van der Waals surface area contributed by atoms with Gasteiger partial charge in [0, 0.05) is 33.6 Å². The first-order valence-electron chi connectivity index (χ1n) is 7.51. The van der Waals surface area contributed by atoms with Crippen molar-refractivity contribution in [1.29, 1.82) is 0 Å². The molecule has 1 aromatic heterocycles. The van der Waals surface area contributed by atoms with Crippen LogP contribution in [-0.4, -0.2) is 43.9 Å². The highest BCUT2D eigenvalue weighted by Crippen LogP contribution is 2.22. The number of anilines is 1. The average molecular weight is 290 g/mol. The smallest absolute Gasteiger partial charge is 0.222 e. The van der Waals surface area contributed by atoms with Crippen LogP contribution in [0.25, 0.3) is 0 Å². The number of hydrogen-bond donors (Lipinski definition) is 0. The van der Waals surface area contributed by atoms with E-state index in [2.05, 4.69) is 13.8 Å². The molecule has 0 aliphatic carbocycles. The van der Waals surface area contributed by atoms with Crippen LogP contribution in [0.1, 0.15) is 32.4 Å². The van der Waals surface area contributed by atoms with Crippen LogP contribution in [0.5, 0.6) is 0 Å². The summed E-state index contributed by atoms with van der Waals surface area (Å²) in [6.07, 6.45) is 2.00. The minimum absolute atomic E-state index is 0.295. The van der Waals surface area contributed by atoms with E-state index in [-0.39, 0.29) is 0 Å². The summed E-state index contributed by atoms with van der Waals surface area (Å²) in [5, 5.41) is 0. The van der Waals surface area contributed by atoms with Crippen LogP contribution < -0.4 is 4.90 Å². The van der Waals surface area contributed by atoms with E-state index in [9.17, 15) is 0 Å². The highest BCUT2D eigenvalue weighted by molar-refractivity contribution is 6.03. The molecular weight excluding hydrogens is 264 g/mol. The fourth-order valence-corrected chi connectivity index (χ4v) is 2.29. The summed E-state index contributed by atoms with van der Waals surface area (Å²) in [6, 6.07) is 4.25. The van der Waals surface area contributed by atoms with Gasteiger partial charge in [0.1, 0.15) is 11.6 Å². The zero-order chi connectivity index (χ0) is 15.6. The molecule has 5 heteroatoms. The fraction of sp³-hybridized carbons (Fsp3) is 0.625. The largest absolute Gasteiger partial charge is 0.445 e. The Kier molecular flexibility index (Phi) is 4.70. The van der Waals surface area contributed by atoms with Crippen LogP contribution in [0.4, 0.5) is 5.88 Å². The van der Waals surface area contributed by atoms with Gasteiger partial charge in [-0.15, -0.1) is 0 Å². The molecule has 0 saturated carbocycles. The summed E-state index contributed by atoms with van der Waals surface area (Å²) in [5.74, 6) is 4.05. The average Bonchev–Trinajstić information content (AvgIpc) is 2.85. The van der Waals surface area contributed by atoms with Gasteiger partial charge in [-0.1, -0.05) is 6.92 Å². The van der Waals surface area contributed by atoms with Crippen LogP contribution in [0.15, 0.2) is 26.5 Å². The Morgan fingerprint density at radius 1 is 1.19 bits per heavy atom. The highest BCUT2D eigenvalue weighted by atomic mass is 16.4. The Morgan fingerprint density at radius 2 is 1.90 bits per heavy atom. The lowest BCUT2D eigenvalue weighted by Crippen LogP contribution is -2.33. The van der Waals surface area contributed by atoms with Crippen molar-refractivity contribution in [3.8, 4) is 0 Å². The van der Waals surface area contributed by atoms with E-state index in [0.717, 1.165) is 36.3 Å². The molecule has 0 saturated heterocycles. The Morgan fingerprint density at radius 3 is 2.48 bits per heavy atom. The molecule has 0 bridgehead atoms. The third-order valence-electron chi connectivity index (χ3n) is 4.04. The van der Waals surface area contributed by atoms with Gasteiger partial charge in [0.25, 0.3) is 0 Å². The first kappa shape index (κ1) is 15.6. The molecule has 0 spiro atoms. The molecule has 0 fully saturated rings. The lowest BCUT2D eigenvalue weighted by Gasteiger charge is -2.26. The fourth-order valence-electron chi connectivity index (χ4n) is 2.29. The monoisotopic (exact) mass is 290 g/mol. The predicted molar refractivity (Wildman–Crippen MR) is 88.3 cm³/mol. The molecule has 2 atom stereocenters. The number of hydrogen-bond acceptors (Lipinski definition) is 5. The summed E-state index contributed by atoms with van der Waals surface area (Å²) < 4.78 is 5.71. The van der Waals surface area contributed by atoms with Gasteiger partial charge in [0.2, 0.25) is 11.8 Å². The topological polar surface area (TPSA) is 44.3 Å². The van der Waals surface area contributed by atoms with E-state index in [1.807, 2.05) is 50.0 Å². The van der Waals surface area contributed by atoms with Crippen molar-refractivity contribution in [2.24, 2.45) is 15.9 Å². The number of furan rings is 1. The number of nitrogens with zero attached hydrogens (tertiary/aromatic N) is 4. The van der Waals surface area contributed by atoms with E-state index in [0.29, 0.717) is 12.0 Å². The predicted octanol–water partition coefficient (Wildman–Crippen LogP) is 3.16. The SMILES string of the molecule is Cc1ccc(N(C)C2=NC(N(C)C)=NC(C)C(C)CC2)o1. The Balaban J connectivity index is 2.33.